The van der Waals surface area contributed by atoms with Crippen LogP contribution >= 0.6 is 0 Å². The van der Waals surface area contributed by atoms with Crippen LogP contribution in [-0.2, 0) is 13.1 Å². The quantitative estimate of drug-likeness (QED) is 0.710. The molecule has 0 radical (unpaired) electrons. The summed E-state index contributed by atoms with van der Waals surface area (Å²) in [7, 11) is 0. The van der Waals surface area contributed by atoms with Gasteiger partial charge in [0, 0.05) is 18.2 Å². The van der Waals surface area contributed by atoms with Crippen LogP contribution in [0.2, 0.25) is 0 Å². The Bertz CT molecular complexity index is 837. The SMILES string of the molecule is N#CCC1N(Cc2ccccc2)c2ccccc2[NH+]1Cc1ccccc1.[Cl-]. The van der Waals surface area contributed by atoms with E-state index in [0.29, 0.717) is 6.42 Å². The molecule has 4 rings (SSSR count). The molecule has 0 aromatic heterocycles. The third-order valence-electron chi connectivity index (χ3n) is 5.06. The van der Waals surface area contributed by atoms with E-state index in [9.17, 15) is 5.26 Å². The number of nitrogens with one attached hydrogen (secondary N) is 1. The maximum Gasteiger partial charge on any atom is 0.182 e. The largest absolute Gasteiger partial charge is 1.00 e. The molecule has 0 aliphatic carbocycles. The van der Waals surface area contributed by atoms with Crippen LogP contribution in [0, 0.1) is 11.3 Å². The second-order valence-electron chi connectivity index (χ2n) is 6.70. The van der Waals surface area contributed by atoms with Gasteiger partial charge in [-0.25, -0.2) is 0 Å². The Morgan fingerprint density at radius 2 is 1.41 bits per heavy atom. The van der Waals surface area contributed by atoms with Crippen molar-refractivity contribution in [1.29, 1.82) is 5.26 Å². The summed E-state index contributed by atoms with van der Waals surface area (Å²) in [5.41, 5.74) is 5.09. The van der Waals surface area contributed by atoms with Gasteiger partial charge in [-0.15, -0.1) is 0 Å². The van der Waals surface area contributed by atoms with E-state index < -0.39 is 0 Å². The standard InChI is InChI=1S/C23H21N3.ClH/c24-16-15-23-25(17-19-9-3-1-4-10-19)21-13-7-8-14-22(21)26(23)18-20-11-5-2-6-12-20;/h1-14,23H,15,17-18H2;1H. The van der Waals surface area contributed by atoms with Crippen molar-refractivity contribution >= 4 is 11.4 Å². The van der Waals surface area contributed by atoms with Crippen molar-refractivity contribution in [3.8, 4) is 6.07 Å². The van der Waals surface area contributed by atoms with E-state index in [0.717, 1.165) is 13.1 Å². The average Bonchev–Trinajstić information content (AvgIpc) is 2.97. The molecule has 1 aliphatic heterocycles. The molecule has 3 aromatic rings. The number of rotatable bonds is 5. The average molecular weight is 376 g/mol. The lowest BCUT2D eigenvalue weighted by atomic mass is 10.2. The predicted molar refractivity (Wildman–Crippen MR) is 104 cm³/mol. The Balaban J connectivity index is 0.00000210. The van der Waals surface area contributed by atoms with Crippen molar-refractivity contribution in [3.05, 3.63) is 96.1 Å². The van der Waals surface area contributed by atoms with Crippen molar-refractivity contribution in [1.82, 2.24) is 0 Å². The number of halogens is 1. The fourth-order valence-corrected chi connectivity index (χ4v) is 3.86. The highest BCUT2D eigenvalue weighted by molar-refractivity contribution is 5.66. The Hall–Kier alpha value is -2.80. The molecule has 0 saturated heterocycles. The summed E-state index contributed by atoms with van der Waals surface area (Å²) in [5, 5.41) is 9.48. The van der Waals surface area contributed by atoms with Gasteiger partial charge < -0.3 is 17.3 Å². The zero-order valence-electron chi connectivity index (χ0n) is 15.1. The number of fused-ring (bicyclic) bond motifs is 1. The molecule has 2 unspecified atom stereocenters. The first-order valence-electron chi connectivity index (χ1n) is 9.03. The maximum absolute atomic E-state index is 9.48. The molecule has 27 heavy (non-hydrogen) atoms. The third-order valence-corrected chi connectivity index (χ3v) is 5.06. The van der Waals surface area contributed by atoms with Gasteiger partial charge in [-0.1, -0.05) is 72.8 Å². The summed E-state index contributed by atoms with van der Waals surface area (Å²) >= 11 is 0. The van der Waals surface area contributed by atoms with E-state index >= 15 is 0 Å². The molecule has 1 heterocycles. The highest BCUT2D eigenvalue weighted by Crippen LogP contribution is 2.31. The molecule has 2 atom stereocenters. The summed E-state index contributed by atoms with van der Waals surface area (Å²) in [5.74, 6) is 0. The molecular formula is C23H22ClN3. The van der Waals surface area contributed by atoms with E-state index in [2.05, 4.69) is 83.8 Å². The van der Waals surface area contributed by atoms with E-state index in [-0.39, 0.29) is 18.6 Å². The number of nitrogens with zero attached hydrogens (tertiary/aromatic N) is 2. The van der Waals surface area contributed by atoms with Gasteiger partial charge in [-0.3, -0.25) is 4.90 Å². The van der Waals surface area contributed by atoms with Crippen molar-refractivity contribution in [2.45, 2.75) is 25.7 Å². The summed E-state index contributed by atoms with van der Waals surface area (Å²) in [6.45, 7) is 1.71. The van der Waals surface area contributed by atoms with Crippen molar-refractivity contribution in [2.24, 2.45) is 0 Å². The van der Waals surface area contributed by atoms with Gasteiger partial charge in [0.05, 0.1) is 6.07 Å². The maximum atomic E-state index is 9.48. The van der Waals surface area contributed by atoms with E-state index in [1.165, 1.54) is 27.4 Å². The van der Waals surface area contributed by atoms with Gasteiger partial charge in [0.1, 0.15) is 18.7 Å². The Labute approximate surface area is 166 Å². The summed E-state index contributed by atoms with van der Waals surface area (Å²) in [6.07, 6.45) is 0.627. The van der Waals surface area contributed by atoms with Crippen LogP contribution in [0.3, 0.4) is 0 Å². The molecule has 1 aliphatic rings. The van der Waals surface area contributed by atoms with E-state index in [1.807, 2.05) is 12.1 Å². The lowest BCUT2D eigenvalue weighted by Gasteiger charge is -2.27. The number of anilines is 1. The fourth-order valence-electron chi connectivity index (χ4n) is 3.86. The molecule has 1 N–H and O–H groups in total. The second-order valence-corrected chi connectivity index (χ2v) is 6.70. The predicted octanol–water partition coefficient (Wildman–Crippen LogP) is 0.667. The van der Waals surface area contributed by atoms with Crippen LogP contribution in [-0.4, -0.2) is 6.17 Å². The lowest BCUT2D eigenvalue weighted by molar-refractivity contribution is -0.867. The van der Waals surface area contributed by atoms with Crippen molar-refractivity contribution in [3.63, 3.8) is 0 Å². The van der Waals surface area contributed by atoms with Crippen molar-refractivity contribution in [2.75, 3.05) is 4.90 Å². The second kappa shape index (κ2) is 8.73. The lowest BCUT2D eigenvalue weighted by Crippen LogP contribution is -3.10. The van der Waals surface area contributed by atoms with Gasteiger partial charge in [-0.2, -0.15) is 5.26 Å². The third kappa shape index (κ3) is 3.98. The van der Waals surface area contributed by atoms with E-state index in [4.69, 9.17) is 0 Å². The smallest absolute Gasteiger partial charge is 0.182 e. The molecule has 0 amide bonds. The minimum atomic E-state index is 0. The Kier molecular flexibility index (Phi) is 6.13. The normalized spacial score (nSPS) is 17.7. The Morgan fingerprint density at radius 3 is 2.07 bits per heavy atom. The van der Waals surface area contributed by atoms with Gasteiger partial charge in [0.2, 0.25) is 0 Å². The monoisotopic (exact) mass is 375 g/mol. The van der Waals surface area contributed by atoms with Gasteiger partial charge >= 0.3 is 0 Å². The first-order chi connectivity index (χ1) is 12.9. The highest BCUT2D eigenvalue weighted by Gasteiger charge is 2.40. The van der Waals surface area contributed by atoms with Crippen molar-refractivity contribution < 1.29 is 17.3 Å². The molecule has 136 valence electrons. The summed E-state index contributed by atoms with van der Waals surface area (Å²) in [4.78, 5) is 3.75. The van der Waals surface area contributed by atoms with Gasteiger partial charge in [0.25, 0.3) is 0 Å². The van der Waals surface area contributed by atoms with Gasteiger partial charge in [0.15, 0.2) is 11.9 Å². The first kappa shape index (κ1) is 19.0. The number of quaternary nitrogens is 1. The van der Waals surface area contributed by atoms with Crippen LogP contribution in [0.4, 0.5) is 11.4 Å². The molecule has 0 spiro atoms. The minimum absolute atomic E-state index is 0. The Morgan fingerprint density at radius 1 is 0.815 bits per heavy atom. The number of benzene rings is 3. The topological polar surface area (TPSA) is 31.5 Å². The highest BCUT2D eigenvalue weighted by atomic mass is 35.5. The number of hydrogen-bond acceptors (Lipinski definition) is 2. The minimum Gasteiger partial charge on any atom is -1.00 e. The molecule has 3 aromatic carbocycles. The summed E-state index contributed by atoms with van der Waals surface area (Å²) < 4.78 is 0. The number of nitriles is 1. The number of para-hydroxylation sites is 2. The zero-order chi connectivity index (χ0) is 17.8. The molecule has 4 heteroatoms. The first-order valence-corrected chi connectivity index (χ1v) is 9.03. The molecule has 0 fully saturated rings. The van der Waals surface area contributed by atoms with Crippen LogP contribution in [0.5, 0.6) is 0 Å². The molecular weight excluding hydrogens is 354 g/mol. The van der Waals surface area contributed by atoms with Crippen LogP contribution in [0.1, 0.15) is 17.5 Å². The van der Waals surface area contributed by atoms with Crippen LogP contribution in [0.25, 0.3) is 0 Å². The van der Waals surface area contributed by atoms with Crippen LogP contribution < -0.4 is 22.2 Å². The summed E-state index contributed by atoms with van der Waals surface area (Å²) in [6, 6.07) is 32.0. The molecule has 0 saturated carbocycles. The number of hydrogen-bond donors (Lipinski definition) is 1. The van der Waals surface area contributed by atoms with Crippen LogP contribution in [0.15, 0.2) is 84.9 Å². The zero-order valence-corrected chi connectivity index (χ0v) is 15.8. The molecule has 0 bridgehead atoms. The van der Waals surface area contributed by atoms with Gasteiger partial charge in [-0.05, 0) is 11.6 Å². The van der Waals surface area contributed by atoms with E-state index in [1.54, 1.807) is 0 Å². The molecule has 3 nitrogen and oxygen atoms in total. The fraction of sp³-hybridized carbons (Fsp3) is 0.174.